The maximum absolute atomic E-state index is 12.9. The van der Waals surface area contributed by atoms with Gasteiger partial charge in [-0.2, -0.15) is 0 Å². The van der Waals surface area contributed by atoms with Crippen LogP contribution in [0.4, 0.5) is 5.69 Å². The third-order valence-electron chi connectivity index (χ3n) is 3.80. The molecular formula is C18H26ClN3O4. The Kier molecular flexibility index (Phi) is 7.59. The van der Waals surface area contributed by atoms with Crippen molar-refractivity contribution in [1.82, 2.24) is 9.96 Å². The molecule has 3 amide bonds. The molecule has 0 saturated heterocycles. The molecule has 8 heteroatoms. The van der Waals surface area contributed by atoms with Gasteiger partial charge in [0, 0.05) is 31.2 Å². The van der Waals surface area contributed by atoms with E-state index in [0.717, 1.165) is 0 Å². The summed E-state index contributed by atoms with van der Waals surface area (Å²) in [4.78, 5) is 39.2. The standard InChI is InChI=1S/C18H26ClN3O4/c1-18(2,3)16(17(25)20(4)5)22(14-8-6-13(19)7-9-14)15(24)10-11-21(26)12-23/h6-9,12,16,26H,10-11H2,1-5H3/t16-/m1/s1. The van der Waals surface area contributed by atoms with E-state index in [1.54, 1.807) is 38.4 Å². The van der Waals surface area contributed by atoms with Gasteiger partial charge in [0.05, 0.1) is 6.54 Å². The molecule has 0 aliphatic carbocycles. The number of carbonyl (C=O) groups excluding carboxylic acids is 3. The van der Waals surface area contributed by atoms with E-state index in [1.807, 2.05) is 20.8 Å². The zero-order valence-electron chi connectivity index (χ0n) is 15.8. The summed E-state index contributed by atoms with van der Waals surface area (Å²) >= 11 is 5.94. The highest BCUT2D eigenvalue weighted by atomic mass is 35.5. The molecule has 0 fully saturated rings. The Morgan fingerprint density at radius 3 is 2.15 bits per heavy atom. The van der Waals surface area contributed by atoms with Gasteiger partial charge in [-0.1, -0.05) is 32.4 Å². The molecule has 1 aromatic carbocycles. The molecule has 0 unspecified atom stereocenters. The molecule has 0 heterocycles. The van der Waals surface area contributed by atoms with Crippen molar-refractivity contribution in [3.8, 4) is 0 Å². The first-order valence-corrected chi connectivity index (χ1v) is 8.56. The second-order valence-electron chi connectivity index (χ2n) is 7.26. The number of rotatable bonds is 7. The minimum atomic E-state index is -0.769. The van der Waals surface area contributed by atoms with Crippen LogP contribution in [-0.4, -0.2) is 60.1 Å². The molecule has 1 N–H and O–H groups in total. The molecule has 0 radical (unpaired) electrons. The normalized spacial score (nSPS) is 12.3. The highest BCUT2D eigenvalue weighted by Crippen LogP contribution is 2.31. The fraction of sp³-hybridized carbons (Fsp3) is 0.500. The number of likely N-dealkylation sites (N-methyl/N-ethyl adjacent to an activating group) is 1. The quantitative estimate of drug-likeness (QED) is 0.445. The fourth-order valence-corrected chi connectivity index (χ4v) is 2.66. The molecule has 7 nitrogen and oxygen atoms in total. The van der Waals surface area contributed by atoms with Crippen molar-refractivity contribution < 1.29 is 19.6 Å². The number of carbonyl (C=O) groups is 3. The van der Waals surface area contributed by atoms with Crippen LogP contribution >= 0.6 is 11.6 Å². The van der Waals surface area contributed by atoms with Gasteiger partial charge in [0.15, 0.2) is 0 Å². The summed E-state index contributed by atoms with van der Waals surface area (Å²) < 4.78 is 0. The van der Waals surface area contributed by atoms with Crippen molar-refractivity contribution in [3.05, 3.63) is 29.3 Å². The maximum Gasteiger partial charge on any atom is 0.245 e. The Hall–Kier alpha value is -2.12. The van der Waals surface area contributed by atoms with Crippen LogP contribution in [0.25, 0.3) is 0 Å². The molecule has 1 atom stereocenters. The van der Waals surface area contributed by atoms with Gasteiger partial charge >= 0.3 is 0 Å². The average molecular weight is 384 g/mol. The van der Waals surface area contributed by atoms with Crippen LogP contribution in [0.2, 0.25) is 5.02 Å². The van der Waals surface area contributed by atoms with Crippen LogP contribution in [0.1, 0.15) is 27.2 Å². The number of anilines is 1. The molecule has 0 aromatic heterocycles. The number of benzene rings is 1. The summed E-state index contributed by atoms with van der Waals surface area (Å²) in [6.45, 7) is 5.45. The summed E-state index contributed by atoms with van der Waals surface area (Å²) in [7, 11) is 3.26. The SMILES string of the molecule is CN(C)C(=O)[C@@H](N(C(=O)CCN(O)C=O)c1ccc(Cl)cc1)C(C)(C)C. The van der Waals surface area contributed by atoms with E-state index < -0.39 is 11.5 Å². The third kappa shape index (κ3) is 5.71. The monoisotopic (exact) mass is 383 g/mol. The van der Waals surface area contributed by atoms with Crippen LogP contribution in [0.3, 0.4) is 0 Å². The Balaban J connectivity index is 3.36. The summed E-state index contributed by atoms with van der Waals surface area (Å²) in [6, 6.07) is 5.84. The van der Waals surface area contributed by atoms with E-state index in [1.165, 1.54) is 9.80 Å². The van der Waals surface area contributed by atoms with Gasteiger partial charge in [-0.05, 0) is 29.7 Å². The number of hydrogen-bond donors (Lipinski definition) is 1. The predicted molar refractivity (Wildman–Crippen MR) is 100 cm³/mol. The summed E-state index contributed by atoms with van der Waals surface area (Å²) in [5.41, 5.74) is -0.0367. The van der Waals surface area contributed by atoms with Crippen LogP contribution in [0.5, 0.6) is 0 Å². The van der Waals surface area contributed by atoms with Gasteiger partial charge in [-0.3, -0.25) is 24.5 Å². The minimum Gasteiger partial charge on any atom is -0.347 e. The molecule has 0 saturated carbocycles. The van der Waals surface area contributed by atoms with Crippen molar-refractivity contribution >= 4 is 35.5 Å². The summed E-state index contributed by atoms with van der Waals surface area (Å²) in [5, 5.41) is 10.2. The highest BCUT2D eigenvalue weighted by molar-refractivity contribution is 6.30. The van der Waals surface area contributed by atoms with Gasteiger partial charge in [0.1, 0.15) is 6.04 Å². The second kappa shape index (κ2) is 9.00. The van der Waals surface area contributed by atoms with E-state index in [-0.39, 0.29) is 31.2 Å². The Morgan fingerprint density at radius 1 is 1.19 bits per heavy atom. The van der Waals surface area contributed by atoms with E-state index in [4.69, 9.17) is 11.6 Å². The van der Waals surface area contributed by atoms with Crippen LogP contribution in [0, 0.1) is 5.41 Å². The number of amides is 3. The van der Waals surface area contributed by atoms with E-state index >= 15 is 0 Å². The van der Waals surface area contributed by atoms with E-state index in [2.05, 4.69) is 0 Å². The summed E-state index contributed by atoms with van der Waals surface area (Å²) in [5.74, 6) is -0.611. The minimum absolute atomic E-state index is 0.134. The molecule has 26 heavy (non-hydrogen) atoms. The number of halogens is 1. The lowest BCUT2D eigenvalue weighted by Gasteiger charge is -2.40. The highest BCUT2D eigenvalue weighted by Gasteiger charge is 2.40. The topological polar surface area (TPSA) is 81.2 Å². The van der Waals surface area contributed by atoms with Crippen molar-refractivity contribution in [2.24, 2.45) is 5.41 Å². The lowest BCUT2D eigenvalue weighted by Crippen LogP contribution is -2.56. The molecule has 1 aromatic rings. The summed E-state index contributed by atoms with van der Waals surface area (Å²) in [6.07, 6.45) is 0.0945. The molecule has 0 bridgehead atoms. The maximum atomic E-state index is 12.9. The zero-order valence-corrected chi connectivity index (χ0v) is 16.5. The molecule has 1 rings (SSSR count). The predicted octanol–water partition coefficient (Wildman–Crippen LogP) is 2.41. The Labute approximate surface area is 159 Å². The first-order valence-electron chi connectivity index (χ1n) is 8.18. The zero-order chi connectivity index (χ0) is 20.1. The third-order valence-corrected chi connectivity index (χ3v) is 4.06. The van der Waals surface area contributed by atoms with Gasteiger partial charge in [-0.25, -0.2) is 5.06 Å². The molecular weight excluding hydrogens is 358 g/mol. The average Bonchev–Trinajstić information content (AvgIpc) is 2.56. The number of nitrogens with zero attached hydrogens (tertiary/aromatic N) is 3. The van der Waals surface area contributed by atoms with Crippen molar-refractivity contribution in [3.63, 3.8) is 0 Å². The fourth-order valence-electron chi connectivity index (χ4n) is 2.53. The van der Waals surface area contributed by atoms with Crippen molar-refractivity contribution in [2.75, 3.05) is 25.5 Å². The van der Waals surface area contributed by atoms with Crippen LogP contribution < -0.4 is 4.90 Å². The Bertz CT molecular complexity index is 641. The number of hydroxylamine groups is 2. The molecule has 0 aliphatic rings. The van der Waals surface area contributed by atoms with Crippen LogP contribution in [0.15, 0.2) is 24.3 Å². The van der Waals surface area contributed by atoms with Crippen LogP contribution in [-0.2, 0) is 14.4 Å². The van der Waals surface area contributed by atoms with Crippen molar-refractivity contribution in [1.29, 1.82) is 0 Å². The first-order chi connectivity index (χ1) is 12.0. The van der Waals surface area contributed by atoms with Gasteiger partial charge in [0.25, 0.3) is 0 Å². The van der Waals surface area contributed by atoms with Crippen molar-refractivity contribution in [2.45, 2.75) is 33.2 Å². The van der Waals surface area contributed by atoms with Gasteiger partial charge in [0.2, 0.25) is 18.2 Å². The lowest BCUT2D eigenvalue weighted by atomic mass is 9.84. The Morgan fingerprint density at radius 2 is 1.73 bits per heavy atom. The van der Waals surface area contributed by atoms with Gasteiger partial charge < -0.3 is 4.90 Å². The second-order valence-corrected chi connectivity index (χ2v) is 7.70. The molecule has 0 aliphatic heterocycles. The lowest BCUT2D eigenvalue weighted by molar-refractivity contribution is -0.151. The van der Waals surface area contributed by atoms with E-state index in [9.17, 15) is 19.6 Å². The number of hydrogen-bond acceptors (Lipinski definition) is 4. The first kappa shape index (κ1) is 21.9. The van der Waals surface area contributed by atoms with Gasteiger partial charge in [-0.15, -0.1) is 0 Å². The molecule has 144 valence electrons. The van der Waals surface area contributed by atoms with E-state index in [0.29, 0.717) is 15.8 Å². The smallest absolute Gasteiger partial charge is 0.245 e. The largest absolute Gasteiger partial charge is 0.347 e. The molecule has 0 spiro atoms.